The van der Waals surface area contributed by atoms with Crippen molar-refractivity contribution >= 4 is 5.97 Å². The Balaban J connectivity index is 2.27. The number of aliphatic hydroxyl groups is 1. The molecule has 1 unspecified atom stereocenters. The summed E-state index contributed by atoms with van der Waals surface area (Å²) in [5, 5.41) is 18.7. The van der Waals surface area contributed by atoms with Gasteiger partial charge in [0, 0.05) is 5.92 Å². The third-order valence-corrected chi connectivity index (χ3v) is 3.21. The van der Waals surface area contributed by atoms with Crippen LogP contribution in [0.25, 0.3) is 0 Å². The summed E-state index contributed by atoms with van der Waals surface area (Å²) in [7, 11) is 0. The van der Waals surface area contributed by atoms with Gasteiger partial charge in [-0.1, -0.05) is 48.5 Å². The number of aromatic carboxylic acids is 1. The molecular formula is C16H16O3. The average molecular weight is 256 g/mol. The number of rotatable bonds is 5. The first-order chi connectivity index (χ1) is 9.22. The number of hydrogen-bond donors (Lipinski definition) is 2. The summed E-state index contributed by atoms with van der Waals surface area (Å²) in [4.78, 5) is 11.2. The van der Waals surface area contributed by atoms with Crippen molar-refractivity contribution in [2.24, 2.45) is 0 Å². The van der Waals surface area contributed by atoms with Gasteiger partial charge in [-0.25, -0.2) is 4.79 Å². The number of benzene rings is 2. The van der Waals surface area contributed by atoms with Crippen molar-refractivity contribution in [3.63, 3.8) is 0 Å². The second-order valence-electron chi connectivity index (χ2n) is 4.46. The first-order valence-electron chi connectivity index (χ1n) is 6.19. The Labute approximate surface area is 112 Å². The topological polar surface area (TPSA) is 57.5 Å². The van der Waals surface area contributed by atoms with Crippen molar-refractivity contribution in [3.05, 3.63) is 71.3 Å². The van der Waals surface area contributed by atoms with Gasteiger partial charge in [-0.3, -0.25) is 0 Å². The lowest BCUT2D eigenvalue weighted by Gasteiger charge is -2.16. The Bertz CT molecular complexity index is 549. The molecule has 0 aromatic heterocycles. The average Bonchev–Trinajstić information content (AvgIpc) is 2.46. The first-order valence-corrected chi connectivity index (χ1v) is 6.19. The summed E-state index contributed by atoms with van der Waals surface area (Å²) >= 11 is 0. The molecule has 2 rings (SSSR count). The van der Waals surface area contributed by atoms with Crippen LogP contribution in [0.3, 0.4) is 0 Å². The van der Waals surface area contributed by atoms with Gasteiger partial charge in [-0.15, -0.1) is 0 Å². The number of carboxylic acids is 1. The van der Waals surface area contributed by atoms with E-state index in [0.717, 1.165) is 11.1 Å². The third-order valence-electron chi connectivity index (χ3n) is 3.21. The molecule has 3 heteroatoms. The van der Waals surface area contributed by atoms with Crippen molar-refractivity contribution in [2.45, 2.75) is 12.3 Å². The maximum atomic E-state index is 11.2. The Morgan fingerprint density at radius 2 is 1.63 bits per heavy atom. The normalized spacial score (nSPS) is 12.1. The minimum atomic E-state index is -0.930. The van der Waals surface area contributed by atoms with Gasteiger partial charge in [0.2, 0.25) is 0 Å². The summed E-state index contributed by atoms with van der Waals surface area (Å²) in [5.74, 6) is -1.01. The summed E-state index contributed by atoms with van der Waals surface area (Å²) in [6.45, 7) is -0.00202. The van der Waals surface area contributed by atoms with Crippen LogP contribution in [0.15, 0.2) is 54.6 Å². The van der Waals surface area contributed by atoms with Crippen LogP contribution >= 0.6 is 0 Å². The highest BCUT2D eigenvalue weighted by Gasteiger charge is 2.15. The van der Waals surface area contributed by atoms with E-state index in [1.165, 1.54) is 0 Å². The molecule has 0 bridgehead atoms. The van der Waals surface area contributed by atoms with E-state index in [1.54, 1.807) is 18.2 Å². The molecule has 0 aliphatic rings. The lowest BCUT2D eigenvalue weighted by Crippen LogP contribution is -2.11. The predicted octanol–water partition coefficient (Wildman–Crippen LogP) is 2.70. The van der Waals surface area contributed by atoms with Crippen molar-refractivity contribution < 1.29 is 15.0 Å². The fraction of sp³-hybridized carbons (Fsp3) is 0.188. The molecule has 2 aromatic rings. The van der Waals surface area contributed by atoms with Crippen LogP contribution in [0.5, 0.6) is 0 Å². The Hall–Kier alpha value is -2.13. The molecule has 2 aromatic carbocycles. The lowest BCUT2D eigenvalue weighted by atomic mass is 9.90. The van der Waals surface area contributed by atoms with Gasteiger partial charge in [-0.05, 0) is 23.6 Å². The number of aliphatic hydroxyl groups excluding tert-OH is 1. The van der Waals surface area contributed by atoms with E-state index in [2.05, 4.69) is 0 Å². The molecule has 0 spiro atoms. The zero-order chi connectivity index (χ0) is 13.7. The molecule has 3 nitrogen and oxygen atoms in total. The van der Waals surface area contributed by atoms with E-state index < -0.39 is 5.97 Å². The van der Waals surface area contributed by atoms with E-state index >= 15 is 0 Å². The van der Waals surface area contributed by atoms with E-state index in [-0.39, 0.29) is 12.5 Å². The quantitative estimate of drug-likeness (QED) is 0.864. The predicted molar refractivity (Wildman–Crippen MR) is 73.4 cm³/mol. The maximum Gasteiger partial charge on any atom is 0.335 e. The van der Waals surface area contributed by atoms with Gasteiger partial charge in [0.1, 0.15) is 0 Å². The fourth-order valence-corrected chi connectivity index (χ4v) is 2.19. The zero-order valence-electron chi connectivity index (χ0n) is 10.5. The molecule has 1 atom stereocenters. The van der Waals surface area contributed by atoms with E-state index in [4.69, 9.17) is 5.11 Å². The minimum Gasteiger partial charge on any atom is -0.478 e. The Morgan fingerprint density at radius 3 is 2.26 bits per heavy atom. The lowest BCUT2D eigenvalue weighted by molar-refractivity contribution is 0.0695. The second-order valence-corrected chi connectivity index (χ2v) is 4.46. The monoisotopic (exact) mass is 256 g/mol. The summed E-state index contributed by atoms with van der Waals surface area (Å²) in [5.41, 5.74) is 2.07. The highest BCUT2D eigenvalue weighted by Crippen LogP contribution is 2.22. The van der Waals surface area contributed by atoms with E-state index in [9.17, 15) is 9.90 Å². The molecule has 0 aliphatic heterocycles. The second kappa shape index (κ2) is 6.16. The maximum absolute atomic E-state index is 11.2. The van der Waals surface area contributed by atoms with Gasteiger partial charge in [-0.2, -0.15) is 0 Å². The van der Waals surface area contributed by atoms with Gasteiger partial charge in [0.05, 0.1) is 12.2 Å². The number of hydrogen-bond acceptors (Lipinski definition) is 2. The molecule has 0 amide bonds. The van der Waals surface area contributed by atoms with Crippen molar-refractivity contribution in [3.8, 4) is 0 Å². The molecule has 0 saturated carbocycles. The fourth-order valence-electron chi connectivity index (χ4n) is 2.19. The smallest absolute Gasteiger partial charge is 0.335 e. The van der Waals surface area contributed by atoms with Gasteiger partial charge in [0.15, 0.2) is 0 Å². The summed E-state index contributed by atoms with van der Waals surface area (Å²) in [6, 6.07) is 16.6. The van der Waals surface area contributed by atoms with Crippen molar-refractivity contribution in [2.75, 3.05) is 6.61 Å². The highest BCUT2D eigenvalue weighted by atomic mass is 16.4. The van der Waals surface area contributed by atoms with Crippen LogP contribution in [-0.2, 0) is 6.42 Å². The summed E-state index contributed by atoms with van der Waals surface area (Å²) in [6.07, 6.45) is 0.517. The van der Waals surface area contributed by atoms with Crippen LogP contribution in [0.1, 0.15) is 27.4 Å². The zero-order valence-corrected chi connectivity index (χ0v) is 10.5. The standard InChI is InChI=1S/C16H16O3/c17-11-14(12-6-2-1-3-7-12)10-13-8-4-5-9-15(13)16(18)19/h1-9,14,17H,10-11H2,(H,18,19). The van der Waals surface area contributed by atoms with Gasteiger partial charge >= 0.3 is 5.97 Å². The molecule has 2 N–H and O–H groups in total. The molecule has 0 heterocycles. The number of carbonyl (C=O) groups is 1. The molecule has 0 aliphatic carbocycles. The minimum absolute atomic E-state index is 0.00202. The molecule has 0 radical (unpaired) electrons. The molecule has 98 valence electrons. The molecular weight excluding hydrogens is 240 g/mol. The van der Waals surface area contributed by atoms with Crippen LogP contribution < -0.4 is 0 Å². The van der Waals surface area contributed by atoms with E-state index in [1.807, 2.05) is 36.4 Å². The van der Waals surface area contributed by atoms with Crippen LogP contribution in [-0.4, -0.2) is 22.8 Å². The first kappa shape index (κ1) is 13.3. The van der Waals surface area contributed by atoms with Crippen LogP contribution in [0.2, 0.25) is 0 Å². The van der Waals surface area contributed by atoms with Crippen LogP contribution in [0.4, 0.5) is 0 Å². The Kier molecular flexibility index (Phi) is 4.31. The SMILES string of the molecule is O=C(O)c1ccccc1CC(CO)c1ccccc1. The van der Waals surface area contributed by atoms with Gasteiger partial charge < -0.3 is 10.2 Å². The van der Waals surface area contributed by atoms with Crippen molar-refractivity contribution in [1.29, 1.82) is 0 Å². The molecule has 0 saturated heterocycles. The van der Waals surface area contributed by atoms with Crippen LogP contribution in [0, 0.1) is 0 Å². The molecule has 0 fully saturated rings. The third kappa shape index (κ3) is 3.20. The highest BCUT2D eigenvalue weighted by molar-refractivity contribution is 5.89. The molecule has 19 heavy (non-hydrogen) atoms. The Morgan fingerprint density at radius 1 is 1.00 bits per heavy atom. The van der Waals surface area contributed by atoms with Gasteiger partial charge in [0.25, 0.3) is 0 Å². The van der Waals surface area contributed by atoms with E-state index in [0.29, 0.717) is 12.0 Å². The largest absolute Gasteiger partial charge is 0.478 e. The number of carboxylic acid groups (broad SMARTS) is 1. The van der Waals surface area contributed by atoms with Crippen molar-refractivity contribution in [1.82, 2.24) is 0 Å². The summed E-state index contributed by atoms with van der Waals surface area (Å²) < 4.78 is 0.